The van der Waals surface area contributed by atoms with Gasteiger partial charge in [-0.05, 0) is 31.9 Å². The number of benzene rings is 1. The van der Waals surface area contributed by atoms with Gasteiger partial charge in [-0.1, -0.05) is 36.9 Å². The molecule has 0 heterocycles. The third kappa shape index (κ3) is 3.03. The molecule has 1 fully saturated rings. The fourth-order valence-corrected chi connectivity index (χ4v) is 3.04. The van der Waals surface area contributed by atoms with Gasteiger partial charge >= 0.3 is 0 Å². The Kier molecular flexibility index (Phi) is 4.70. The first kappa shape index (κ1) is 14.2. The lowest BCUT2D eigenvalue weighted by atomic mass is 9.93. The molecule has 0 aliphatic heterocycles. The van der Waals surface area contributed by atoms with E-state index in [4.69, 9.17) is 17.3 Å². The quantitative estimate of drug-likeness (QED) is 0.858. The molecule has 1 amide bonds. The van der Waals surface area contributed by atoms with Crippen LogP contribution in [0.1, 0.15) is 49.4 Å². The number of hydrogen-bond acceptors (Lipinski definition) is 2. The Bertz CT molecular complexity index is 455. The summed E-state index contributed by atoms with van der Waals surface area (Å²) in [6.45, 7) is 2.74. The van der Waals surface area contributed by atoms with Gasteiger partial charge < -0.3 is 10.6 Å². The summed E-state index contributed by atoms with van der Waals surface area (Å²) in [5.74, 6) is 0.00620. The summed E-state index contributed by atoms with van der Waals surface area (Å²) < 4.78 is 0. The predicted octanol–water partition coefficient (Wildman–Crippen LogP) is 3.72. The highest BCUT2D eigenvalue weighted by molar-refractivity contribution is 6.36. The molecule has 2 N–H and O–H groups in total. The first-order valence-electron chi connectivity index (χ1n) is 7.00. The van der Waals surface area contributed by atoms with E-state index < -0.39 is 0 Å². The van der Waals surface area contributed by atoms with Crippen LogP contribution in [0, 0.1) is 0 Å². The fraction of sp³-hybridized carbons (Fsp3) is 0.533. The maximum Gasteiger partial charge on any atom is 0.255 e. The van der Waals surface area contributed by atoms with Crippen molar-refractivity contribution in [3.63, 3.8) is 0 Å². The number of anilines is 1. The SMILES string of the molecule is CCN(C(=O)c1cccc(N)c1Cl)C1CCCCC1. The molecule has 0 unspecified atom stereocenters. The molecule has 4 heteroatoms. The van der Waals surface area contributed by atoms with Crippen molar-refractivity contribution in [2.45, 2.75) is 45.1 Å². The van der Waals surface area contributed by atoms with E-state index in [1.165, 1.54) is 19.3 Å². The maximum absolute atomic E-state index is 12.6. The lowest BCUT2D eigenvalue weighted by Gasteiger charge is -2.34. The van der Waals surface area contributed by atoms with E-state index >= 15 is 0 Å². The lowest BCUT2D eigenvalue weighted by Crippen LogP contribution is -2.41. The van der Waals surface area contributed by atoms with Gasteiger partial charge in [0.1, 0.15) is 0 Å². The van der Waals surface area contributed by atoms with Crippen LogP contribution < -0.4 is 5.73 Å². The van der Waals surface area contributed by atoms with Crippen LogP contribution in [0.15, 0.2) is 18.2 Å². The van der Waals surface area contributed by atoms with E-state index in [1.54, 1.807) is 18.2 Å². The van der Waals surface area contributed by atoms with E-state index in [0.717, 1.165) is 12.8 Å². The minimum absolute atomic E-state index is 0.00620. The molecule has 1 aromatic rings. The molecule has 3 nitrogen and oxygen atoms in total. The molecule has 1 aliphatic carbocycles. The molecule has 19 heavy (non-hydrogen) atoms. The maximum atomic E-state index is 12.6. The van der Waals surface area contributed by atoms with Gasteiger partial charge in [-0.2, -0.15) is 0 Å². The van der Waals surface area contributed by atoms with E-state index in [0.29, 0.717) is 28.9 Å². The Balaban J connectivity index is 2.22. The second-order valence-corrected chi connectivity index (χ2v) is 5.47. The number of carbonyl (C=O) groups excluding carboxylic acids is 1. The topological polar surface area (TPSA) is 46.3 Å². The third-order valence-corrected chi connectivity index (χ3v) is 4.30. The van der Waals surface area contributed by atoms with Crippen molar-refractivity contribution in [1.29, 1.82) is 0 Å². The summed E-state index contributed by atoms with van der Waals surface area (Å²) in [5.41, 5.74) is 6.76. The molecular weight excluding hydrogens is 260 g/mol. The molecule has 0 saturated heterocycles. The zero-order valence-corrected chi connectivity index (χ0v) is 12.1. The number of amides is 1. The van der Waals surface area contributed by atoms with Crippen molar-refractivity contribution in [2.75, 3.05) is 12.3 Å². The number of nitrogens with two attached hydrogens (primary N) is 1. The second kappa shape index (κ2) is 6.29. The van der Waals surface area contributed by atoms with Gasteiger partial charge in [0.15, 0.2) is 0 Å². The van der Waals surface area contributed by atoms with E-state index in [1.807, 2.05) is 11.8 Å². The summed E-state index contributed by atoms with van der Waals surface area (Å²) in [6, 6.07) is 5.61. The summed E-state index contributed by atoms with van der Waals surface area (Å²) in [7, 11) is 0. The summed E-state index contributed by atoms with van der Waals surface area (Å²) in [4.78, 5) is 14.6. The smallest absolute Gasteiger partial charge is 0.255 e. The minimum Gasteiger partial charge on any atom is -0.398 e. The molecule has 1 aliphatic rings. The molecule has 104 valence electrons. The standard InChI is InChI=1S/C15H21ClN2O/c1-2-18(11-7-4-3-5-8-11)15(19)12-9-6-10-13(17)14(12)16/h6,9-11H,2-5,7-8,17H2,1H3. The van der Waals surface area contributed by atoms with Crippen molar-refractivity contribution in [1.82, 2.24) is 4.90 Å². The van der Waals surface area contributed by atoms with Crippen molar-refractivity contribution in [2.24, 2.45) is 0 Å². The Labute approximate surface area is 119 Å². The van der Waals surface area contributed by atoms with Crippen LogP contribution in [0.3, 0.4) is 0 Å². The van der Waals surface area contributed by atoms with Crippen molar-refractivity contribution >= 4 is 23.2 Å². The number of halogens is 1. The molecule has 0 atom stereocenters. The molecule has 0 spiro atoms. The molecule has 0 bridgehead atoms. The lowest BCUT2D eigenvalue weighted by molar-refractivity contribution is 0.0648. The van der Waals surface area contributed by atoms with Crippen molar-refractivity contribution < 1.29 is 4.79 Å². The van der Waals surface area contributed by atoms with Gasteiger partial charge in [-0.25, -0.2) is 0 Å². The number of nitrogen functional groups attached to an aromatic ring is 1. The molecule has 2 rings (SSSR count). The summed E-state index contributed by atoms with van der Waals surface area (Å²) in [6.07, 6.45) is 5.89. The van der Waals surface area contributed by atoms with Crippen molar-refractivity contribution in [3.05, 3.63) is 28.8 Å². The third-order valence-electron chi connectivity index (χ3n) is 3.88. The van der Waals surface area contributed by atoms with Gasteiger partial charge in [-0.15, -0.1) is 0 Å². The van der Waals surface area contributed by atoms with Gasteiger partial charge in [0.25, 0.3) is 5.91 Å². The van der Waals surface area contributed by atoms with Gasteiger partial charge in [0, 0.05) is 12.6 Å². The van der Waals surface area contributed by atoms with E-state index in [2.05, 4.69) is 0 Å². The number of hydrogen-bond donors (Lipinski definition) is 1. The minimum atomic E-state index is 0.00620. The van der Waals surface area contributed by atoms with Crippen molar-refractivity contribution in [3.8, 4) is 0 Å². The van der Waals surface area contributed by atoms with Crippen LogP contribution in [0.5, 0.6) is 0 Å². The first-order chi connectivity index (χ1) is 9.15. The van der Waals surface area contributed by atoms with Crippen LogP contribution in [0.4, 0.5) is 5.69 Å². The zero-order chi connectivity index (χ0) is 13.8. The summed E-state index contributed by atoms with van der Waals surface area (Å²) >= 11 is 6.16. The highest BCUT2D eigenvalue weighted by Gasteiger charge is 2.26. The van der Waals surface area contributed by atoms with E-state index in [9.17, 15) is 4.79 Å². The van der Waals surface area contributed by atoms with E-state index in [-0.39, 0.29) is 5.91 Å². The van der Waals surface area contributed by atoms with Crippen LogP contribution in [-0.4, -0.2) is 23.4 Å². The average Bonchev–Trinajstić information content (AvgIpc) is 2.44. The highest BCUT2D eigenvalue weighted by Crippen LogP contribution is 2.28. The number of carbonyl (C=O) groups is 1. The Morgan fingerprint density at radius 2 is 2.05 bits per heavy atom. The van der Waals surface area contributed by atoms with Crippen LogP contribution in [-0.2, 0) is 0 Å². The molecule has 0 aromatic heterocycles. The Morgan fingerprint density at radius 1 is 1.37 bits per heavy atom. The van der Waals surface area contributed by atoms with Gasteiger partial charge in [-0.3, -0.25) is 4.79 Å². The Hall–Kier alpha value is -1.22. The van der Waals surface area contributed by atoms with Gasteiger partial charge in [0.2, 0.25) is 0 Å². The number of nitrogens with zero attached hydrogens (tertiary/aromatic N) is 1. The molecule has 0 radical (unpaired) electrons. The highest BCUT2D eigenvalue weighted by atomic mass is 35.5. The number of rotatable bonds is 3. The van der Waals surface area contributed by atoms with Crippen LogP contribution in [0.25, 0.3) is 0 Å². The second-order valence-electron chi connectivity index (χ2n) is 5.09. The normalized spacial score (nSPS) is 16.3. The molecular formula is C15H21ClN2O. The predicted molar refractivity (Wildman–Crippen MR) is 79.4 cm³/mol. The van der Waals surface area contributed by atoms with Gasteiger partial charge in [0.05, 0.1) is 16.3 Å². The monoisotopic (exact) mass is 280 g/mol. The zero-order valence-electron chi connectivity index (χ0n) is 11.4. The molecule has 1 aromatic carbocycles. The fourth-order valence-electron chi connectivity index (χ4n) is 2.83. The average molecular weight is 281 g/mol. The first-order valence-corrected chi connectivity index (χ1v) is 7.38. The largest absolute Gasteiger partial charge is 0.398 e. The molecule has 1 saturated carbocycles. The summed E-state index contributed by atoms with van der Waals surface area (Å²) in [5, 5.41) is 0.377. The van der Waals surface area contributed by atoms with Crippen LogP contribution in [0.2, 0.25) is 5.02 Å². The van der Waals surface area contributed by atoms with Crippen LogP contribution >= 0.6 is 11.6 Å². The Morgan fingerprint density at radius 3 is 2.68 bits per heavy atom.